The molecular weight excluding hydrogens is 300 g/mol. The highest BCUT2D eigenvalue weighted by atomic mass is 16.5. The Kier molecular flexibility index (Phi) is 4.99. The van der Waals surface area contributed by atoms with Crippen molar-refractivity contribution in [3.8, 4) is 16.9 Å². The van der Waals surface area contributed by atoms with Crippen LogP contribution in [0.25, 0.3) is 22.1 Å². The maximum absolute atomic E-state index is 12.5. The molecule has 1 aromatic heterocycles. The Morgan fingerprint density at radius 2 is 1.83 bits per heavy atom. The molecule has 3 heteroatoms. The molecule has 0 N–H and O–H groups in total. The van der Waals surface area contributed by atoms with E-state index in [1.165, 1.54) is 0 Å². The van der Waals surface area contributed by atoms with Gasteiger partial charge >= 0.3 is 5.63 Å². The zero-order valence-electron chi connectivity index (χ0n) is 14.2. The average molecular weight is 322 g/mol. The Morgan fingerprint density at radius 3 is 2.58 bits per heavy atom. The molecule has 124 valence electrons. The fraction of sp³-hybridized carbons (Fsp3) is 0.286. The molecule has 0 aliphatic heterocycles. The molecule has 0 saturated heterocycles. The van der Waals surface area contributed by atoms with Crippen LogP contribution in [0.2, 0.25) is 0 Å². The summed E-state index contributed by atoms with van der Waals surface area (Å²) in [6.45, 7) is 4.81. The Hall–Kier alpha value is -2.55. The number of hydrogen-bond donors (Lipinski definition) is 0. The first-order chi connectivity index (χ1) is 11.7. The Labute approximate surface area is 141 Å². The van der Waals surface area contributed by atoms with Crippen molar-refractivity contribution < 1.29 is 9.15 Å². The molecular formula is C21H22O3. The van der Waals surface area contributed by atoms with E-state index < -0.39 is 0 Å². The van der Waals surface area contributed by atoms with Gasteiger partial charge in [-0.25, -0.2) is 4.79 Å². The summed E-state index contributed by atoms with van der Waals surface area (Å²) in [4.78, 5) is 12.5. The third-order valence-corrected chi connectivity index (χ3v) is 4.22. The van der Waals surface area contributed by atoms with Crippen LogP contribution < -0.4 is 10.4 Å². The molecule has 0 aliphatic rings. The van der Waals surface area contributed by atoms with Crippen molar-refractivity contribution in [1.82, 2.24) is 0 Å². The summed E-state index contributed by atoms with van der Waals surface area (Å²) in [5.41, 5.74) is 2.70. The smallest absolute Gasteiger partial charge is 0.344 e. The van der Waals surface area contributed by atoms with Crippen LogP contribution in [0.3, 0.4) is 0 Å². The Balaban J connectivity index is 1.97. The van der Waals surface area contributed by atoms with Gasteiger partial charge in [-0.1, -0.05) is 50.1 Å². The van der Waals surface area contributed by atoms with Crippen molar-refractivity contribution in [2.45, 2.75) is 33.1 Å². The van der Waals surface area contributed by atoms with E-state index in [0.29, 0.717) is 17.8 Å². The summed E-state index contributed by atoms with van der Waals surface area (Å²) >= 11 is 0. The van der Waals surface area contributed by atoms with Gasteiger partial charge in [-0.05, 0) is 36.6 Å². The highest BCUT2D eigenvalue weighted by Gasteiger charge is 2.13. The maximum atomic E-state index is 12.5. The third kappa shape index (κ3) is 3.35. The van der Waals surface area contributed by atoms with E-state index in [0.717, 1.165) is 41.5 Å². The fourth-order valence-electron chi connectivity index (χ4n) is 2.91. The van der Waals surface area contributed by atoms with E-state index in [1.54, 1.807) is 0 Å². The number of aryl methyl sites for hydroxylation is 1. The summed E-state index contributed by atoms with van der Waals surface area (Å²) in [6.07, 6.45) is 3.35. The minimum atomic E-state index is -0.311. The predicted molar refractivity (Wildman–Crippen MR) is 97.7 cm³/mol. The van der Waals surface area contributed by atoms with Gasteiger partial charge in [0.2, 0.25) is 0 Å². The summed E-state index contributed by atoms with van der Waals surface area (Å²) in [5.74, 6) is 0.744. The molecule has 1 heterocycles. The van der Waals surface area contributed by atoms with Crippen molar-refractivity contribution in [1.29, 1.82) is 0 Å². The summed E-state index contributed by atoms with van der Waals surface area (Å²) in [7, 11) is 0. The minimum absolute atomic E-state index is 0.311. The number of unbranched alkanes of at least 4 members (excludes halogenated alkanes) is 2. The van der Waals surface area contributed by atoms with Gasteiger partial charge in [0.25, 0.3) is 0 Å². The lowest BCUT2D eigenvalue weighted by Gasteiger charge is -2.10. The second-order valence-corrected chi connectivity index (χ2v) is 5.97. The number of benzene rings is 2. The molecule has 0 unspecified atom stereocenters. The lowest BCUT2D eigenvalue weighted by molar-refractivity contribution is 0.306. The lowest BCUT2D eigenvalue weighted by Crippen LogP contribution is -2.06. The number of rotatable bonds is 6. The zero-order valence-corrected chi connectivity index (χ0v) is 14.2. The zero-order chi connectivity index (χ0) is 16.9. The standard InChI is InChI=1S/C21H22O3/c1-3-4-8-13-23-17-11-12-18-15(2)20(16-9-6-5-7-10-16)21(22)24-19(18)14-17/h5-7,9-12,14H,3-4,8,13H2,1-2H3. The van der Waals surface area contributed by atoms with Gasteiger partial charge in [0.1, 0.15) is 11.3 Å². The molecule has 0 saturated carbocycles. The topological polar surface area (TPSA) is 39.4 Å². The summed E-state index contributed by atoms with van der Waals surface area (Å²) in [5, 5.41) is 0.939. The Bertz CT molecular complexity index is 879. The van der Waals surface area contributed by atoms with Crippen molar-refractivity contribution in [3.05, 3.63) is 64.5 Å². The highest BCUT2D eigenvalue weighted by molar-refractivity contribution is 5.87. The van der Waals surface area contributed by atoms with Crippen molar-refractivity contribution in [3.63, 3.8) is 0 Å². The molecule has 0 radical (unpaired) electrons. The van der Waals surface area contributed by atoms with Gasteiger partial charge < -0.3 is 9.15 Å². The second-order valence-electron chi connectivity index (χ2n) is 5.97. The van der Waals surface area contributed by atoms with Gasteiger partial charge in [-0.2, -0.15) is 0 Å². The third-order valence-electron chi connectivity index (χ3n) is 4.22. The van der Waals surface area contributed by atoms with E-state index in [9.17, 15) is 4.79 Å². The van der Waals surface area contributed by atoms with Crippen LogP contribution in [0, 0.1) is 6.92 Å². The van der Waals surface area contributed by atoms with Crippen LogP contribution >= 0.6 is 0 Å². The number of ether oxygens (including phenoxy) is 1. The van der Waals surface area contributed by atoms with E-state index in [4.69, 9.17) is 9.15 Å². The van der Waals surface area contributed by atoms with Crippen LogP contribution in [0.1, 0.15) is 31.7 Å². The van der Waals surface area contributed by atoms with E-state index in [-0.39, 0.29) is 5.63 Å². The minimum Gasteiger partial charge on any atom is -0.493 e. The molecule has 0 aliphatic carbocycles. The molecule has 3 nitrogen and oxygen atoms in total. The van der Waals surface area contributed by atoms with E-state index >= 15 is 0 Å². The van der Waals surface area contributed by atoms with Gasteiger partial charge in [0.05, 0.1) is 12.2 Å². The average Bonchev–Trinajstić information content (AvgIpc) is 2.59. The van der Waals surface area contributed by atoms with Gasteiger partial charge in [-0.3, -0.25) is 0 Å². The molecule has 0 atom stereocenters. The predicted octanol–water partition coefficient (Wildman–Crippen LogP) is 5.34. The Morgan fingerprint density at radius 1 is 1.04 bits per heavy atom. The normalized spacial score (nSPS) is 10.9. The van der Waals surface area contributed by atoms with Crippen molar-refractivity contribution in [2.75, 3.05) is 6.61 Å². The molecule has 3 rings (SSSR count). The fourth-order valence-corrected chi connectivity index (χ4v) is 2.91. The summed E-state index contributed by atoms with van der Waals surface area (Å²) in [6, 6.07) is 15.4. The summed E-state index contributed by atoms with van der Waals surface area (Å²) < 4.78 is 11.3. The largest absolute Gasteiger partial charge is 0.493 e. The molecule has 0 amide bonds. The van der Waals surface area contributed by atoms with Crippen molar-refractivity contribution in [2.24, 2.45) is 0 Å². The van der Waals surface area contributed by atoms with Gasteiger partial charge in [0.15, 0.2) is 0 Å². The number of fused-ring (bicyclic) bond motifs is 1. The van der Waals surface area contributed by atoms with Crippen LogP contribution in [-0.2, 0) is 0 Å². The maximum Gasteiger partial charge on any atom is 0.344 e. The quantitative estimate of drug-likeness (QED) is 0.454. The van der Waals surface area contributed by atoms with Crippen LogP contribution in [-0.4, -0.2) is 6.61 Å². The van der Waals surface area contributed by atoms with Crippen LogP contribution in [0.4, 0.5) is 0 Å². The highest BCUT2D eigenvalue weighted by Crippen LogP contribution is 2.28. The molecule has 0 spiro atoms. The molecule has 0 bridgehead atoms. The first-order valence-electron chi connectivity index (χ1n) is 8.46. The second kappa shape index (κ2) is 7.35. The van der Waals surface area contributed by atoms with Crippen LogP contribution in [0.15, 0.2) is 57.7 Å². The van der Waals surface area contributed by atoms with Gasteiger partial charge in [0, 0.05) is 11.5 Å². The molecule has 0 fully saturated rings. The molecule has 24 heavy (non-hydrogen) atoms. The van der Waals surface area contributed by atoms with Crippen molar-refractivity contribution >= 4 is 11.0 Å². The molecule has 3 aromatic rings. The number of hydrogen-bond acceptors (Lipinski definition) is 3. The SMILES string of the molecule is CCCCCOc1ccc2c(C)c(-c3ccccc3)c(=O)oc2c1. The van der Waals surface area contributed by atoms with E-state index in [1.807, 2.05) is 55.5 Å². The lowest BCUT2D eigenvalue weighted by atomic mass is 10.00. The first-order valence-corrected chi connectivity index (χ1v) is 8.46. The van der Waals surface area contributed by atoms with E-state index in [2.05, 4.69) is 6.92 Å². The van der Waals surface area contributed by atoms with Crippen LogP contribution in [0.5, 0.6) is 5.75 Å². The van der Waals surface area contributed by atoms with Gasteiger partial charge in [-0.15, -0.1) is 0 Å². The molecule has 2 aromatic carbocycles. The first kappa shape index (κ1) is 16.3. The monoisotopic (exact) mass is 322 g/mol.